The number of amides is 1. The largest absolute Gasteiger partial charge is 0.456 e. The van der Waals surface area contributed by atoms with Gasteiger partial charge >= 0.3 is 5.97 Å². The van der Waals surface area contributed by atoms with Gasteiger partial charge in [-0.05, 0) is 102 Å². The number of ketones is 2. The first kappa shape index (κ1) is 50.5. The Kier molecular flexibility index (Phi) is 19.6. The van der Waals surface area contributed by atoms with E-state index < -0.39 is 83.7 Å². The summed E-state index contributed by atoms with van der Waals surface area (Å²) in [5.74, 6) is -8.64. The second kappa shape index (κ2) is 22.9. The Bertz CT molecular complexity index is 1500. The third kappa shape index (κ3) is 12.4. The number of cyclic esters (lactones) is 1. The predicted octanol–water partition coefficient (Wildman–Crippen LogP) is 3.39. The molecule has 4 aliphatic rings. The number of ether oxygens (including phenoxy) is 3. The molecule has 59 heavy (non-hydrogen) atoms. The molecular weight excluding hydrogens is 762 g/mol. The molecule has 3 fully saturated rings. The van der Waals surface area contributed by atoms with Crippen LogP contribution in [0.2, 0.25) is 0 Å². The molecule has 336 valence electrons. The topological polar surface area (TPSA) is 232 Å². The highest BCUT2D eigenvalue weighted by atomic mass is 16.7. The van der Waals surface area contributed by atoms with Gasteiger partial charge in [0.15, 0.2) is 0 Å². The van der Waals surface area contributed by atoms with Crippen LogP contribution in [0.15, 0.2) is 36.0 Å². The average molecular weight is 836 g/mol. The van der Waals surface area contributed by atoms with E-state index in [0.29, 0.717) is 63.4 Å². The number of methoxy groups -OCH3 is 1. The molecule has 3 aliphatic heterocycles. The molecule has 0 aromatic rings. The highest BCUT2D eigenvalue weighted by Gasteiger charge is 2.56. The molecule has 0 unspecified atom stereocenters. The minimum atomic E-state index is -2.54. The minimum absolute atomic E-state index is 0. The fourth-order valence-corrected chi connectivity index (χ4v) is 9.77. The zero-order valence-electron chi connectivity index (χ0n) is 36.1. The van der Waals surface area contributed by atoms with E-state index in [0.717, 1.165) is 10.5 Å². The summed E-state index contributed by atoms with van der Waals surface area (Å²) in [4.78, 5) is 57.7. The van der Waals surface area contributed by atoms with Gasteiger partial charge in [0, 0.05) is 62.9 Å². The molecule has 2 saturated heterocycles. The van der Waals surface area contributed by atoms with Crippen LogP contribution in [0.3, 0.4) is 0 Å². The Balaban J connectivity index is 0.00000930. The van der Waals surface area contributed by atoms with Crippen molar-refractivity contribution in [2.24, 2.45) is 41.4 Å². The molecule has 2 bridgehead atoms. The Morgan fingerprint density at radius 2 is 1.66 bits per heavy atom. The normalized spacial score (nSPS) is 40.0. The van der Waals surface area contributed by atoms with Crippen LogP contribution >= 0.6 is 0 Å². The maximum Gasteiger partial charge on any atom is 0.329 e. The lowest BCUT2D eigenvalue weighted by Gasteiger charge is -2.47. The lowest BCUT2D eigenvalue weighted by molar-refractivity contribution is -0.294. The van der Waals surface area contributed by atoms with Crippen LogP contribution in [0.5, 0.6) is 0 Å². The second-order valence-electron chi connectivity index (χ2n) is 18.0. The highest BCUT2D eigenvalue weighted by molar-refractivity contribution is 6.39. The van der Waals surface area contributed by atoms with Crippen molar-refractivity contribution in [2.75, 3.05) is 26.9 Å². The summed E-state index contributed by atoms with van der Waals surface area (Å²) in [6, 6.07) is -1.17. The summed E-state index contributed by atoms with van der Waals surface area (Å²) >= 11 is 0. The summed E-state index contributed by atoms with van der Waals surface area (Å²) in [6.07, 6.45) is 6.25. The quantitative estimate of drug-likeness (QED) is 0.141. The number of fused-ring (bicyclic) bond motifs is 3. The molecule has 14 heteroatoms. The van der Waals surface area contributed by atoms with Crippen molar-refractivity contribution in [1.29, 1.82) is 0 Å². The molecule has 7 N–H and O–H groups in total. The van der Waals surface area contributed by atoms with E-state index in [1.54, 1.807) is 26.8 Å². The number of hydrogen-bond acceptors (Lipinski definition) is 12. The Labute approximate surface area is 350 Å². The molecule has 14 atom stereocenters. The molecule has 0 spiro atoms. The van der Waals surface area contributed by atoms with Gasteiger partial charge in [-0.1, -0.05) is 44.6 Å². The van der Waals surface area contributed by atoms with Gasteiger partial charge in [-0.25, -0.2) is 4.79 Å². The minimum Gasteiger partial charge on any atom is -0.456 e. The van der Waals surface area contributed by atoms with Crippen LogP contribution in [0, 0.1) is 41.4 Å². The summed E-state index contributed by atoms with van der Waals surface area (Å²) in [5, 5.41) is 54.4. The van der Waals surface area contributed by atoms with Gasteiger partial charge in [0.25, 0.3) is 11.7 Å². The molecule has 3 heterocycles. The number of aliphatic hydroxyl groups is 5. The zero-order chi connectivity index (χ0) is 42.9. The summed E-state index contributed by atoms with van der Waals surface area (Å²) in [6.45, 7) is 12.6. The van der Waals surface area contributed by atoms with Gasteiger partial charge in [-0.2, -0.15) is 0 Å². The SMILES string of the molecule is C=CC[C@@H]1/C=C(\C)C[C@H](C)CC[C@H](OC)[C@H]2O[C@@](O)(C(=O)C(=O)N3CCCC[C@H]3C(=O)O[C@H](/C(C)=C/[C@@H]3CC[C@@H](O)[C@H](CO)C3)[C@H](C)[C@@H](O)CC1=O)[C@H](C)C[C@@H]2CO.O. The van der Waals surface area contributed by atoms with E-state index >= 15 is 0 Å². The molecule has 4 rings (SSSR count). The number of carbonyl (C=O) groups is 4. The summed E-state index contributed by atoms with van der Waals surface area (Å²) < 4.78 is 18.3. The second-order valence-corrected chi connectivity index (χ2v) is 18.0. The van der Waals surface area contributed by atoms with E-state index in [1.807, 2.05) is 19.1 Å². The molecular formula is C45H73NO13. The number of allylic oxidation sites excluding steroid dienone is 4. The first-order chi connectivity index (χ1) is 27.5. The van der Waals surface area contributed by atoms with Crippen molar-refractivity contribution < 1.29 is 64.4 Å². The van der Waals surface area contributed by atoms with Crippen molar-refractivity contribution in [3.05, 3.63) is 36.0 Å². The number of Topliss-reactive ketones (excluding diaryl/α,β-unsaturated/α-hetero) is 2. The van der Waals surface area contributed by atoms with Crippen molar-refractivity contribution >= 4 is 23.4 Å². The fourth-order valence-electron chi connectivity index (χ4n) is 9.77. The number of rotatable bonds is 7. The van der Waals surface area contributed by atoms with Gasteiger partial charge in [0.05, 0.1) is 24.4 Å². The number of esters is 1. The smallest absolute Gasteiger partial charge is 0.329 e. The lowest BCUT2D eigenvalue weighted by Crippen LogP contribution is -2.63. The van der Waals surface area contributed by atoms with Crippen LogP contribution in [0.25, 0.3) is 0 Å². The predicted molar refractivity (Wildman–Crippen MR) is 220 cm³/mol. The molecule has 0 aromatic carbocycles. The number of hydrogen-bond donors (Lipinski definition) is 5. The third-order valence-electron chi connectivity index (χ3n) is 13.4. The monoisotopic (exact) mass is 836 g/mol. The number of nitrogens with zero attached hydrogens (tertiary/aromatic N) is 1. The third-order valence-corrected chi connectivity index (χ3v) is 13.4. The van der Waals surface area contributed by atoms with Crippen LogP contribution in [-0.2, 0) is 33.4 Å². The van der Waals surface area contributed by atoms with Gasteiger partial charge in [0.1, 0.15) is 17.9 Å². The molecule has 1 aliphatic carbocycles. The summed E-state index contributed by atoms with van der Waals surface area (Å²) in [5.41, 5.74) is 1.61. The zero-order valence-corrected chi connectivity index (χ0v) is 36.1. The Morgan fingerprint density at radius 3 is 2.31 bits per heavy atom. The van der Waals surface area contributed by atoms with E-state index in [1.165, 1.54) is 7.11 Å². The van der Waals surface area contributed by atoms with Crippen molar-refractivity contribution in [3.8, 4) is 0 Å². The summed E-state index contributed by atoms with van der Waals surface area (Å²) in [7, 11) is 1.51. The number of piperidine rings is 1. The molecule has 1 amide bonds. The van der Waals surface area contributed by atoms with Gasteiger partial charge < -0.3 is 50.1 Å². The standard InChI is InChI=1S/C45H71NO12.H2O/c1-8-11-32-19-27(3)18-26(2)13-16-39(56-7)41-34(25-48)21-29(5)45(55,58-41)42(52)43(53)46-17-10-9-12-35(46)44(54)57-40(30(6)37(50)23-38(32)51)28(4)20-31-14-15-36(49)33(22-31)24-47;/h8,19-20,26,29-37,39-41,47-50,55H,1,9-18,21-25H2,2-7H3;1H2/b27-19+,28-20+;/t26-,29-,30-,31+,32-,33+,34-,35+,36-,37+,39+,40-,41+,45-;/m1./s1. The number of aliphatic hydroxyl groups excluding tert-OH is 4. The van der Waals surface area contributed by atoms with E-state index in [9.17, 15) is 44.7 Å². The Morgan fingerprint density at radius 1 is 0.966 bits per heavy atom. The van der Waals surface area contributed by atoms with Crippen LogP contribution in [0.1, 0.15) is 112 Å². The van der Waals surface area contributed by atoms with Crippen LogP contribution in [0.4, 0.5) is 0 Å². The first-order valence-electron chi connectivity index (χ1n) is 21.5. The van der Waals surface area contributed by atoms with Crippen molar-refractivity contribution in [3.63, 3.8) is 0 Å². The average Bonchev–Trinajstić information content (AvgIpc) is 3.20. The maximum atomic E-state index is 14.3. The van der Waals surface area contributed by atoms with Crippen LogP contribution in [-0.4, -0.2) is 129 Å². The van der Waals surface area contributed by atoms with Gasteiger partial charge in [-0.15, -0.1) is 6.58 Å². The molecule has 14 nitrogen and oxygen atoms in total. The molecule has 0 aromatic heterocycles. The number of carbonyl (C=O) groups excluding carboxylic acids is 4. The van der Waals surface area contributed by atoms with Crippen molar-refractivity contribution in [1.82, 2.24) is 4.90 Å². The van der Waals surface area contributed by atoms with E-state index in [-0.39, 0.29) is 68.0 Å². The van der Waals surface area contributed by atoms with Crippen LogP contribution < -0.4 is 0 Å². The first-order valence-corrected chi connectivity index (χ1v) is 21.5. The highest BCUT2D eigenvalue weighted by Crippen LogP contribution is 2.40. The Hall–Kier alpha value is -2.82. The van der Waals surface area contributed by atoms with Crippen molar-refractivity contribution in [2.45, 2.75) is 154 Å². The maximum absolute atomic E-state index is 14.3. The van der Waals surface area contributed by atoms with Gasteiger partial charge in [0.2, 0.25) is 5.79 Å². The lowest BCUT2D eigenvalue weighted by atomic mass is 9.78. The van der Waals surface area contributed by atoms with E-state index in [4.69, 9.17) is 14.2 Å². The molecule has 0 radical (unpaired) electrons. The van der Waals surface area contributed by atoms with Gasteiger partial charge in [-0.3, -0.25) is 14.4 Å². The van der Waals surface area contributed by atoms with E-state index in [2.05, 4.69) is 13.5 Å². The molecule has 1 saturated carbocycles. The fraction of sp³-hybridized carbons (Fsp3) is 0.778.